The van der Waals surface area contributed by atoms with Crippen molar-refractivity contribution in [2.24, 2.45) is 0 Å². The summed E-state index contributed by atoms with van der Waals surface area (Å²) in [7, 11) is 0. The number of ether oxygens (including phenoxy) is 2. The number of hydrogen-bond donors (Lipinski definition) is 0. The Morgan fingerprint density at radius 1 is 1.14 bits per heavy atom. The third-order valence-electron chi connectivity index (χ3n) is 4.51. The molecule has 116 valence electrons. The van der Waals surface area contributed by atoms with E-state index >= 15 is 0 Å². The minimum atomic E-state index is -0.275. The largest absolute Gasteiger partial charge is 0.375 e. The van der Waals surface area contributed by atoms with Gasteiger partial charge in [0.05, 0.1) is 12.7 Å². The summed E-state index contributed by atoms with van der Waals surface area (Å²) in [5, 5.41) is 0.857. The van der Waals surface area contributed by atoms with E-state index in [1.165, 1.54) is 6.07 Å². The smallest absolute Gasteiger partial charge is 0.149 e. The Balaban J connectivity index is 1.65. The summed E-state index contributed by atoms with van der Waals surface area (Å²) >= 11 is 0. The van der Waals surface area contributed by atoms with Crippen molar-refractivity contribution in [3.63, 3.8) is 0 Å². The van der Waals surface area contributed by atoms with E-state index in [1.54, 1.807) is 12.3 Å². The molecular formula is C17H19FN2O2. The van der Waals surface area contributed by atoms with E-state index in [9.17, 15) is 4.39 Å². The van der Waals surface area contributed by atoms with Crippen LogP contribution in [0.25, 0.3) is 10.9 Å². The van der Waals surface area contributed by atoms with Gasteiger partial charge < -0.3 is 14.4 Å². The lowest BCUT2D eigenvalue weighted by Gasteiger charge is -2.37. The number of anilines is 1. The number of halogens is 1. The molecule has 1 aromatic heterocycles. The molecule has 0 radical (unpaired) electrons. The predicted octanol–water partition coefficient (Wildman–Crippen LogP) is 2.76. The summed E-state index contributed by atoms with van der Waals surface area (Å²) in [5.41, 5.74) is 1.45. The SMILES string of the molecule is Fc1cccc2c(N3CCO[C@@H]([C@@H]4CCCO4)C3)ccnc12. The maximum atomic E-state index is 13.9. The van der Waals surface area contributed by atoms with Crippen LogP contribution in [0, 0.1) is 5.82 Å². The van der Waals surface area contributed by atoms with E-state index in [2.05, 4.69) is 9.88 Å². The van der Waals surface area contributed by atoms with Gasteiger partial charge >= 0.3 is 0 Å². The number of aromatic nitrogens is 1. The number of hydrogen-bond acceptors (Lipinski definition) is 4. The Labute approximate surface area is 128 Å². The van der Waals surface area contributed by atoms with Gasteiger partial charge in [-0.3, -0.25) is 4.98 Å². The molecule has 0 saturated carbocycles. The average molecular weight is 302 g/mol. The van der Waals surface area contributed by atoms with Crippen LogP contribution in [0.3, 0.4) is 0 Å². The van der Waals surface area contributed by atoms with Crippen LogP contribution in [-0.2, 0) is 9.47 Å². The van der Waals surface area contributed by atoms with Crippen molar-refractivity contribution in [3.05, 3.63) is 36.3 Å². The van der Waals surface area contributed by atoms with Crippen molar-refractivity contribution in [2.45, 2.75) is 25.0 Å². The van der Waals surface area contributed by atoms with Gasteiger partial charge in [0.25, 0.3) is 0 Å². The first kappa shape index (κ1) is 13.9. The molecule has 3 heterocycles. The van der Waals surface area contributed by atoms with Gasteiger partial charge in [-0.15, -0.1) is 0 Å². The maximum absolute atomic E-state index is 13.9. The van der Waals surface area contributed by atoms with Gasteiger partial charge in [-0.05, 0) is 25.0 Å². The number of fused-ring (bicyclic) bond motifs is 1. The van der Waals surface area contributed by atoms with Crippen molar-refractivity contribution in [1.29, 1.82) is 0 Å². The van der Waals surface area contributed by atoms with E-state index in [4.69, 9.17) is 9.47 Å². The molecule has 2 aliphatic heterocycles. The Morgan fingerprint density at radius 3 is 2.91 bits per heavy atom. The molecule has 1 aromatic carbocycles. The molecule has 0 amide bonds. The summed E-state index contributed by atoms with van der Waals surface area (Å²) < 4.78 is 25.6. The van der Waals surface area contributed by atoms with Gasteiger partial charge in [0.2, 0.25) is 0 Å². The highest BCUT2D eigenvalue weighted by atomic mass is 19.1. The second-order valence-electron chi connectivity index (χ2n) is 5.87. The highest BCUT2D eigenvalue weighted by Gasteiger charge is 2.31. The van der Waals surface area contributed by atoms with E-state index in [0.29, 0.717) is 12.1 Å². The normalized spacial score (nSPS) is 25.8. The number of rotatable bonds is 2. The van der Waals surface area contributed by atoms with Crippen LogP contribution < -0.4 is 4.90 Å². The summed E-state index contributed by atoms with van der Waals surface area (Å²) in [6.45, 7) is 3.08. The zero-order chi connectivity index (χ0) is 14.9. The second kappa shape index (κ2) is 5.82. The lowest BCUT2D eigenvalue weighted by Crippen LogP contribution is -2.47. The molecule has 22 heavy (non-hydrogen) atoms. The van der Waals surface area contributed by atoms with Crippen LogP contribution in [0.4, 0.5) is 10.1 Å². The molecule has 0 bridgehead atoms. The van der Waals surface area contributed by atoms with E-state index in [1.807, 2.05) is 12.1 Å². The fourth-order valence-corrected chi connectivity index (χ4v) is 3.42. The molecule has 2 aliphatic rings. The number of pyridine rings is 1. The summed E-state index contributed by atoms with van der Waals surface area (Å²) in [5.74, 6) is -0.275. The van der Waals surface area contributed by atoms with Gasteiger partial charge in [0.1, 0.15) is 17.4 Å². The number of morpholine rings is 1. The van der Waals surface area contributed by atoms with Crippen molar-refractivity contribution >= 4 is 16.6 Å². The molecule has 0 N–H and O–H groups in total. The quantitative estimate of drug-likeness (QED) is 0.854. The van der Waals surface area contributed by atoms with Crippen molar-refractivity contribution in [2.75, 3.05) is 31.2 Å². The van der Waals surface area contributed by atoms with Gasteiger partial charge in [-0.2, -0.15) is 0 Å². The first-order chi connectivity index (χ1) is 10.8. The van der Waals surface area contributed by atoms with E-state index < -0.39 is 0 Å². The van der Waals surface area contributed by atoms with E-state index in [0.717, 1.165) is 43.6 Å². The second-order valence-corrected chi connectivity index (χ2v) is 5.87. The van der Waals surface area contributed by atoms with Crippen LogP contribution >= 0.6 is 0 Å². The molecule has 0 spiro atoms. The topological polar surface area (TPSA) is 34.6 Å². The Bertz CT molecular complexity index is 673. The number of para-hydroxylation sites is 1. The minimum absolute atomic E-state index is 0.0908. The Kier molecular flexibility index (Phi) is 3.68. The predicted molar refractivity (Wildman–Crippen MR) is 82.6 cm³/mol. The maximum Gasteiger partial charge on any atom is 0.149 e. The molecule has 0 unspecified atom stereocenters. The molecule has 0 aliphatic carbocycles. The Morgan fingerprint density at radius 2 is 2.05 bits per heavy atom. The molecule has 2 saturated heterocycles. The summed E-state index contributed by atoms with van der Waals surface area (Å²) in [6.07, 6.45) is 4.12. The summed E-state index contributed by atoms with van der Waals surface area (Å²) in [4.78, 5) is 6.44. The van der Waals surface area contributed by atoms with Gasteiger partial charge in [0.15, 0.2) is 0 Å². The van der Waals surface area contributed by atoms with Crippen LogP contribution in [-0.4, -0.2) is 43.5 Å². The third kappa shape index (κ3) is 2.44. The van der Waals surface area contributed by atoms with Gasteiger partial charge in [-0.1, -0.05) is 12.1 Å². The number of benzene rings is 1. The molecule has 2 atom stereocenters. The van der Waals surface area contributed by atoms with Gasteiger partial charge in [-0.25, -0.2) is 4.39 Å². The van der Waals surface area contributed by atoms with E-state index in [-0.39, 0.29) is 18.0 Å². The van der Waals surface area contributed by atoms with Crippen LogP contribution in [0.5, 0.6) is 0 Å². The monoisotopic (exact) mass is 302 g/mol. The Hall–Kier alpha value is -1.72. The minimum Gasteiger partial charge on any atom is -0.375 e. The lowest BCUT2D eigenvalue weighted by molar-refractivity contribution is -0.0542. The first-order valence-corrected chi connectivity index (χ1v) is 7.84. The van der Waals surface area contributed by atoms with Crippen LogP contribution in [0.15, 0.2) is 30.5 Å². The summed E-state index contributed by atoms with van der Waals surface area (Å²) in [6, 6.07) is 7.07. The standard InChI is InChI=1S/C17H19FN2O2/c18-13-4-1-3-12-14(6-7-19-17(12)13)20-8-10-22-16(11-20)15-5-2-9-21-15/h1,3-4,6-7,15-16H,2,5,8-11H2/t15-,16+/m0/s1. The van der Waals surface area contributed by atoms with Gasteiger partial charge in [0, 0.05) is 37.0 Å². The lowest BCUT2D eigenvalue weighted by atomic mass is 10.1. The molecular weight excluding hydrogens is 283 g/mol. The van der Waals surface area contributed by atoms with Crippen molar-refractivity contribution in [3.8, 4) is 0 Å². The zero-order valence-corrected chi connectivity index (χ0v) is 12.4. The highest BCUT2D eigenvalue weighted by molar-refractivity contribution is 5.91. The third-order valence-corrected chi connectivity index (χ3v) is 4.51. The van der Waals surface area contributed by atoms with Crippen molar-refractivity contribution in [1.82, 2.24) is 4.98 Å². The molecule has 4 rings (SSSR count). The zero-order valence-electron chi connectivity index (χ0n) is 12.4. The number of nitrogens with zero attached hydrogens (tertiary/aromatic N) is 2. The fraction of sp³-hybridized carbons (Fsp3) is 0.471. The molecule has 5 heteroatoms. The first-order valence-electron chi connectivity index (χ1n) is 7.84. The molecule has 2 aromatic rings. The van der Waals surface area contributed by atoms with Crippen LogP contribution in [0.2, 0.25) is 0 Å². The van der Waals surface area contributed by atoms with Crippen LogP contribution in [0.1, 0.15) is 12.8 Å². The molecule has 2 fully saturated rings. The highest BCUT2D eigenvalue weighted by Crippen LogP contribution is 2.29. The van der Waals surface area contributed by atoms with Crippen molar-refractivity contribution < 1.29 is 13.9 Å². The average Bonchev–Trinajstić information content (AvgIpc) is 3.09. The fourth-order valence-electron chi connectivity index (χ4n) is 3.42. The molecule has 4 nitrogen and oxygen atoms in total.